The van der Waals surface area contributed by atoms with E-state index in [1.807, 2.05) is 12.3 Å². The number of fused-ring (bicyclic) bond motifs is 3. The molecule has 5 nitrogen and oxygen atoms in total. The molecule has 2 atom stereocenters. The van der Waals surface area contributed by atoms with Crippen molar-refractivity contribution in [2.75, 3.05) is 0 Å². The summed E-state index contributed by atoms with van der Waals surface area (Å²) < 4.78 is 10.9. The molecular weight excluding hydrogens is 760 g/mol. The van der Waals surface area contributed by atoms with Gasteiger partial charge in [-0.2, -0.15) is 11.2 Å². The first kappa shape index (κ1) is 33.0. The third kappa shape index (κ3) is 6.00. The molecule has 1 unspecified atom stereocenters. The van der Waals surface area contributed by atoms with Crippen molar-refractivity contribution < 1.29 is 25.8 Å². The summed E-state index contributed by atoms with van der Waals surface area (Å²) in [6.07, 6.45) is 7.61. The van der Waals surface area contributed by atoms with Crippen LogP contribution in [0.5, 0.6) is 11.5 Å². The molecule has 6 aromatic rings. The molecule has 0 bridgehead atoms. The van der Waals surface area contributed by atoms with E-state index in [2.05, 4.69) is 131 Å². The van der Waals surface area contributed by atoms with Crippen LogP contribution in [0.3, 0.4) is 0 Å². The van der Waals surface area contributed by atoms with Crippen LogP contribution in [0.15, 0.2) is 78.5 Å². The number of hydrogen-bond donors (Lipinski definition) is 0. The quantitative estimate of drug-likeness (QED) is 0.119. The number of ether oxygens (including phenoxy) is 1. The number of rotatable bonds is 7. The topological polar surface area (TPSA) is 44.9 Å². The van der Waals surface area contributed by atoms with Gasteiger partial charge in [0.05, 0.1) is 5.69 Å². The van der Waals surface area contributed by atoms with Crippen molar-refractivity contribution in [3.8, 4) is 23.0 Å². The van der Waals surface area contributed by atoms with Crippen molar-refractivity contribution in [1.29, 1.82) is 0 Å². The fourth-order valence-corrected chi connectivity index (χ4v) is 7.31. The van der Waals surface area contributed by atoms with Gasteiger partial charge in [-0.3, -0.25) is 4.68 Å². The second-order valence-corrected chi connectivity index (χ2v) is 13.2. The first-order chi connectivity index (χ1) is 22.2. The summed E-state index contributed by atoms with van der Waals surface area (Å²) in [6.45, 7) is 15.6. The van der Waals surface area contributed by atoms with E-state index in [1.54, 1.807) is 0 Å². The molecule has 0 fully saturated rings. The van der Waals surface area contributed by atoms with Crippen LogP contribution in [0.4, 0.5) is 0 Å². The largest absolute Gasteiger partial charge is 2.00 e. The fraction of sp³-hybridized carbons (Fsp3) is 0.317. The third-order valence-electron chi connectivity index (χ3n) is 9.78. The number of aromatic nitrogens is 4. The molecule has 3 heterocycles. The minimum atomic E-state index is 0. The number of para-hydroxylation sites is 1. The van der Waals surface area contributed by atoms with Crippen LogP contribution in [-0.2, 0) is 27.5 Å². The standard InChI is InChI=1S/C41H42N4O.Pt/c1-8-30-18-19-42-39(20-30)44-37-15-10-9-14-35(37)36-17-16-33(24-38(36)44)46-34-22-31(25(2)3)21-32(23-34)45-29(7)41(28(6)43-45)40-26(4)12-11-13-27(40)5;/h9-10,12,14-22,25,27,40H,8,11,13H2,1-7H3;/q-2;+2/t27-,40?;/m0./s1. The van der Waals surface area contributed by atoms with Crippen LogP contribution in [0.1, 0.15) is 87.4 Å². The number of allylic oxidation sites excluding steroid dienone is 2. The Morgan fingerprint density at radius 2 is 1.77 bits per heavy atom. The summed E-state index contributed by atoms with van der Waals surface area (Å²) in [6, 6.07) is 28.3. The van der Waals surface area contributed by atoms with Gasteiger partial charge in [0.1, 0.15) is 5.82 Å². The minimum Gasteiger partial charge on any atom is -0.509 e. The molecule has 0 saturated heterocycles. The zero-order valence-corrected chi connectivity index (χ0v) is 30.6. The number of pyridine rings is 1. The Kier molecular flexibility index (Phi) is 9.31. The minimum absolute atomic E-state index is 0. The Morgan fingerprint density at radius 1 is 0.957 bits per heavy atom. The Morgan fingerprint density at radius 3 is 2.53 bits per heavy atom. The summed E-state index contributed by atoms with van der Waals surface area (Å²) in [5.74, 6) is 3.46. The summed E-state index contributed by atoms with van der Waals surface area (Å²) >= 11 is 0. The predicted molar refractivity (Wildman–Crippen MR) is 188 cm³/mol. The van der Waals surface area contributed by atoms with Crippen LogP contribution < -0.4 is 4.74 Å². The molecule has 6 heteroatoms. The van der Waals surface area contributed by atoms with E-state index >= 15 is 0 Å². The summed E-state index contributed by atoms with van der Waals surface area (Å²) in [7, 11) is 0. The van der Waals surface area contributed by atoms with Gasteiger partial charge >= 0.3 is 21.1 Å². The zero-order chi connectivity index (χ0) is 32.1. The smallest absolute Gasteiger partial charge is 0.509 e. The van der Waals surface area contributed by atoms with Crippen LogP contribution in [-0.4, -0.2) is 19.3 Å². The molecule has 3 aromatic heterocycles. The van der Waals surface area contributed by atoms with Crippen molar-refractivity contribution in [2.45, 2.75) is 79.6 Å². The second kappa shape index (κ2) is 13.3. The summed E-state index contributed by atoms with van der Waals surface area (Å²) in [5.41, 5.74) is 10.4. The summed E-state index contributed by atoms with van der Waals surface area (Å²) in [5, 5.41) is 7.36. The van der Waals surface area contributed by atoms with Gasteiger partial charge in [-0.25, -0.2) is 4.98 Å². The molecule has 242 valence electrons. The molecule has 0 amide bonds. The van der Waals surface area contributed by atoms with E-state index in [-0.39, 0.29) is 21.1 Å². The molecule has 0 N–H and O–H groups in total. The summed E-state index contributed by atoms with van der Waals surface area (Å²) in [4.78, 5) is 4.76. The van der Waals surface area contributed by atoms with E-state index in [4.69, 9.17) is 14.8 Å². The molecule has 0 aliphatic heterocycles. The average Bonchev–Trinajstić information content (AvgIpc) is 3.53. The maximum absolute atomic E-state index is 6.60. The molecule has 1 aliphatic rings. The van der Waals surface area contributed by atoms with E-state index < -0.39 is 0 Å². The van der Waals surface area contributed by atoms with Gasteiger partial charge in [-0.05, 0) is 86.7 Å². The number of benzene rings is 3. The van der Waals surface area contributed by atoms with Crippen LogP contribution in [0.25, 0.3) is 33.3 Å². The van der Waals surface area contributed by atoms with E-state index in [0.717, 1.165) is 51.8 Å². The molecule has 0 saturated carbocycles. The van der Waals surface area contributed by atoms with Gasteiger partial charge < -0.3 is 9.30 Å². The van der Waals surface area contributed by atoms with Gasteiger partial charge in [-0.1, -0.05) is 63.1 Å². The van der Waals surface area contributed by atoms with Crippen LogP contribution in [0, 0.1) is 31.9 Å². The van der Waals surface area contributed by atoms with Crippen molar-refractivity contribution in [3.05, 3.63) is 119 Å². The first-order valence-electron chi connectivity index (χ1n) is 16.6. The van der Waals surface area contributed by atoms with Gasteiger partial charge in [0.15, 0.2) is 0 Å². The normalized spacial score (nSPS) is 16.5. The maximum atomic E-state index is 6.60. The van der Waals surface area contributed by atoms with Crippen LogP contribution in [0.2, 0.25) is 0 Å². The molecular formula is C41H42N4OPt. The van der Waals surface area contributed by atoms with Gasteiger partial charge in [0.2, 0.25) is 0 Å². The number of hydrogen-bond acceptors (Lipinski definition) is 3. The molecule has 0 radical (unpaired) electrons. The Labute approximate surface area is 292 Å². The monoisotopic (exact) mass is 801 g/mol. The molecule has 3 aromatic carbocycles. The number of nitrogens with zero attached hydrogens (tertiary/aromatic N) is 4. The van der Waals surface area contributed by atoms with E-state index in [0.29, 0.717) is 29.3 Å². The van der Waals surface area contributed by atoms with Gasteiger partial charge in [-0.15, -0.1) is 41.3 Å². The van der Waals surface area contributed by atoms with Crippen molar-refractivity contribution in [1.82, 2.24) is 19.3 Å². The van der Waals surface area contributed by atoms with Gasteiger partial charge in [0.25, 0.3) is 0 Å². The molecule has 7 rings (SSSR count). The van der Waals surface area contributed by atoms with Gasteiger partial charge in [0, 0.05) is 40.4 Å². The third-order valence-corrected chi connectivity index (χ3v) is 9.78. The Balaban J connectivity index is 0.00000386. The van der Waals surface area contributed by atoms with E-state index in [9.17, 15) is 0 Å². The zero-order valence-electron chi connectivity index (χ0n) is 28.3. The van der Waals surface area contributed by atoms with E-state index in [1.165, 1.54) is 34.4 Å². The van der Waals surface area contributed by atoms with Crippen molar-refractivity contribution >= 4 is 21.8 Å². The molecule has 1 aliphatic carbocycles. The molecule has 0 spiro atoms. The van der Waals surface area contributed by atoms with Crippen LogP contribution >= 0.6 is 0 Å². The second-order valence-electron chi connectivity index (χ2n) is 13.2. The maximum Gasteiger partial charge on any atom is 2.00 e. The fourth-order valence-electron chi connectivity index (χ4n) is 7.31. The Bertz CT molecular complexity index is 2120. The van der Waals surface area contributed by atoms with Crippen molar-refractivity contribution in [3.63, 3.8) is 0 Å². The average molecular weight is 802 g/mol. The predicted octanol–water partition coefficient (Wildman–Crippen LogP) is 10.5. The SMILES string of the molecule is CCc1ccnc(-n2c3[c-]c(Oc4[c-]c(-n5nc(C)c(C6C(C)=CCC[C@@H]6C)c5C)cc(C(C)C)c4)ccc3c3ccccc32)c1.[Pt+2]. The molecule has 47 heavy (non-hydrogen) atoms. The number of aryl methyl sites for hydroxylation is 2. The van der Waals surface area contributed by atoms with Crippen molar-refractivity contribution in [2.24, 2.45) is 5.92 Å². The first-order valence-corrected chi connectivity index (χ1v) is 16.6. The Hall–Kier alpha value is -3.95.